The van der Waals surface area contributed by atoms with Crippen molar-refractivity contribution in [2.45, 2.75) is 0 Å². The summed E-state index contributed by atoms with van der Waals surface area (Å²) in [5.74, 6) is 6.33. The van der Waals surface area contributed by atoms with Crippen molar-refractivity contribution in [3.63, 3.8) is 0 Å². The number of benzene rings is 2. The van der Waals surface area contributed by atoms with E-state index in [1.165, 1.54) is 0 Å². The van der Waals surface area contributed by atoms with E-state index >= 15 is 0 Å². The van der Waals surface area contributed by atoms with Crippen LogP contribution in [0.5, 0.6) is 0 Å². The van der Waals surface area contributed by atoms with Crippen LogP contribution in [0.1, 0.15) is 20.7 Å². The average Bonchev–Trinajstić information content (AvgIpc) is 2.62. The van der Waals surface area contributed by atoms with E-state index in [4.69, 9.17) is 9.47 Å². The Kier molecular flexibility index (Phi) is 6.02. The summed E-state index contributed by atoms with van der Waals surface area (Å²) in [6, 6.07) is 17.1. The first-order valence-corrected chi connectivity index (χ1v) is 6.73. The highest BCUT2D eigenvalue weighted by atomic mass is 16.5. The lowest BCUT2D eigenvalue weighted by atomic mass is 10.2. The van der Waals surface area contributed by atoms with Gasteiger partial charge in [-0.3, -0.25) is 0 Å². The maximum absolute atomic E-state index is 11.6. The number of esters is 2. The molecule has 0 fully saturated rings. The first-order valence-electron chi connectivity index (χ1n) is 6.73. The largest absolute Gasteiger partial charge is 0.449 e. The summed E-state index contributed by atoms with van der Waals surface area (Å²) in [5.41, 5.74) is 0.865. The molecule has 0 unspecified atom stereocenters. The van der Waals surface area contributed by atoms with Gasteiger partial charge in [-0.25, -0.2) is 9.59 Å². The molecule has 0 aliphatic rings. The van der Waals surface area contributed by atoms with Crippen LogP contribution in [-0.2, 0) is 9.47 Å². The van der Waals surface area contributed by atoms with Crippen LogP contribution in [0, 0.1) is 23.9 Å². The summed E-state index contributed by atoms with van der Waals surface area (Å²) in [6.07, 6.45) is 2.19. The zero-order valence-electron chi connectivity index (χ0n) is 12.1. The lowest BCUT2D eigenvalue weighted by Crippen LogP contribution is -2.04. The zero-order valence-corrected chi connectivity index (χ0v) is 12.1. The van der Waals surface area contributed by atoms with Gasteiger partial charge >= 0.3 is 11.9 Å². The summed E-state index contributed by atoms with van der Waals surface area (Å²) in [5, 5.41) is 0. The van der Waals surface area contributed by atoms with Crippen molar-refractivity contribution in [3.05, 3.63) is 71.8 Å². The average molecular weight is 304 g/mol. The standard InChI is InChI=1S/C19H12O4/c20-18(16-10-4-1-5-11-16)22-14-8-3-9-15-23-19(21)17-12-6-2-7-13-17/h1-2,4-7,10-13H,14H2. The molecule has 0 aliphatic carbocycles. The lowest BCUT2D eigenvalue weighted by molar-refractivity contribution is 0.0556. The molecule has 0 aliphatic heterocycles. The fraction of sp³-hybridized carbons (Fsp3) is 0.0526. The van der Waals surface area contributed by atoms with Crippen LogP contribution < -0.4 is 0 Å². The normalized spacial score (nSPS) is 8.70. The molecule has 2 rings (SSSR count). The molecule has 0 heterocycles. The van der Waals surface area contributed by atoms with Crippen LogP contribution in [0.3, 0.4) is 0 Å². The van der Waals surface area contributed by atoms with Gasteiger partial charge in [-0.2, -0.15) is 0 Å². The van der Waals surface area contributed by atoms with E-state index in [-0.39, 0.29) is 6.61 Å². The number of hydrogen-bond acceptors (Lipinski definition) is 4. The molecule has 0 atom stereocenters. The molecule has 0 aromatic heterocycles. The Morgan fingerprint density at radius 2 is 1.35 bits per heavy atom. The van der Waals surface area contributed by atoms with Crippen LogP contribution in [0.25, 0.3) is 0 Å². The molecule has 23 heavy (non-hydrogen) atoms. The highest BCUT2D eigenvalue weighted by Gasteiger charge is 2.04. The van der Waals surface area contributed by atoms with Crippen molar-refractivity contribution >= 4 is 11.9 Å². The minimum absolute atomic E-state index is 0.0883. The summed E-state index contributed by atoms with van der Waals surface area (Å²) in [4.78, 5) is 23.1. The molecule has 0 spiro atoms. The molecule has 4 heteroatoms. The van der Waals surface area contributed by atoms with Crippen molar-refractivity contribution in [1.29, 1.82) is 0 Å². The Morgan fingerprint density at radius 1 is 0.783 bits per heavy atom. The van der Waals surface area contributed by atoms with Crippen LogP contribution in [0.15, 0.2) is 60.7 Å². The zero-order chi connectivity index (χ0) is 16.3. The molecular formula is C19H12O4. The first kappa shape index (κ1) is 15.9. The second-order valence-electron chi connectivity index (χ2n) is 4.23. The second kappa shape index (κ2) is 8.71. The number of ether oxygens (including phenoxy) is 2. The van der Waals surface area contributed by atoms with Gasteiger partial charge in [0, 0.05) is 5.92 Å². The van der Waals surface area contributed by atoms with Gasteiger partial charge in [0.25, 0.3) is 0 Å². The van der Waals surface area contributed by atoms with Gasteiger partial charge in [0.05, 0.1) is 11.1 Å². The third-order valence-corrected chi connectivity index (χ3v) is 2.64. The van der Waals surface area contributed by atoms with Crippen LogP contribution in [0.4, 0.5) is 0 Å². The predicted molar refractivity (Wildman–Crippen MR) is 84.1 cm³/mol. The quantitative estimate of drug-likeness (QED) is 0.646. The van der Waals surface area contributed by atoms with E-state index in [1.807, 2.05) is 6.07 Å². The summed E-state index contributed by atoms with van der Waals surface area (Å²) < 4.78 is 9.65. The van der Waals surface area contributed by atoms with Gasteiger partial charge in [0.1, 0.15) is 6.11 Å². The molecule has 0 saturated heterocycles. The van der Waals surface area contributed by atoms with Crippen molar-refractivity contribution < 1.29 is 19.1 Å². The maximum Gasteiger partial charge on any atom is 0.352 e. The van der Waals surface area contributed by atoms with Crippen LogP contribution >= 0.6 is 0 Å². The van der Waals surface area contributed by atoms with Gasteiger partial charge in [-0.1, -0.05) is 36.4 Å². The first-order chi connectivity index (χ1) is 11.3. The highest BCUT2D eigenvalue weighted by Crippen LogP contribution is 2.01. The molecule has 0 radical (unpaired) electrons. The van der Waals surface area contributed by atoms with Crippen LogP contribution in [-0.4, -0.2) is 18.5 Å². The van der Waals surface area contributed by atoms with E-state index in [0.29, 0.717) is 11.1 Å². The monoisotopic (exact) mass is 304 g/mol. The molecule has 2 aromatic carbocycles. The minimum atomic E-state index is -0.546. The molecule has 0 bridgehead atoms. The molecule has 0 saturated carbocycles. The Morgan fingerprint density at radius 3 is 1.96 bits per heavy atom. The van der Waals surface area contributed by atoms with Gasteiger partial charge in [-0.15, -0.1) is 0 Å². The topological polar surface area (TPSA) is 52.6 Å². The third kappa shape index (κ3) is 5.41. The van der Waals surface area contributed by atoms with Gasteiger partial charge in [0.15, 0.2) is 6.61 Å². The fourth-order valence-corrected chi connectivity index (χ4v) is 1.57. The Hall–Kier alpha value is -3.50. The van der Waals surface area contributed by atoms with Gasteiger partial charge in [0.2, 0.25) is 0 Å². The smallest absolute Gasteiger partial charge is 0.352 e. The number of carbonyl (C=O) groups is 2. The number of hydrogen-bond donors (Lipinski definition) is 0. The van der Waals surface area contributed by atoms with Gasteiger partial charge in [-0.05, 0) is 36.1 Å². The van der Waals surface area contributed by atoms with Crippen molar-refractivity contribution in [2.75, 3.05) is 6.61 Å². The maximum atomic E-state index is 11.6. The molecule has 0 amide bonds. The Bertz CT molecular complexity index is 787. The van der Waals surface area contributed by atoms with Crippen molar-refractivity contribution in [1.82, 2.24) is 0 Å². The van der Waals surface area contributed by atoms with E-state index in [1.54, 1.807) is 54.6 Å². The fourth-order valence-electron chi connectivity index (χ4n) is 1.57. The van der Waals surface area contributed by atoms with E-state index in [0.717, 1.165) is 0 Å². The third-order valence-electron chi connectivity index (χ3n) is 2.64. The van der Waals surface area contributed by atoms with Crippen molar-refractivity contribution in [3.8, 4) is 23.9 Å². The molecule has 2 aromatic rings. The predicted octanol–water partition coefficient (Wildman–Crippen LogP) is 2.66. The van der Waals surface area contributed by atoms with Gasteiger partial charge < -0.3 is 9.47 Å². The lowest BCUT2D eigenvalue weighted by Gasteiger charge is -1.99. The van der Waals surface area contributed by atoms with E-state index < -0.39 is 11.9 Å². The number of carbonyl (C=O) groups excluding carboxylic acids is 2. The SMILES string of the molecule is O=C(OC#CC#CCOC(=O)c1ccccc1)c1ccccc1. The second-order valence-corrected chi connectivity index (χ2v) is 4.23. The molecule has 4 nitrogen and oxygen atoms in total. The Labute approximate surface area is 134 Å². The summed E-state index contributed by atoms with van der Waals surface area (Å²) in [7, 11) is 0. The number of rotatable bonds is 3. The minimum Gasteiger partial charge on any atom is -0.449 e. The molecular weight excluding hydrogens is 292 g/mol. The summed E-state index contributed by atoms with van der Waals surface area (Å²) in [6.45, 7) is -0.0883. The summed E-state index contributed by atoms with van der Waals surface area (Å²) >= 11 is 0. The van der Waals surface area contributed by atoms with E-state index in [2.05, 4.69) is 23.9 Å². The Balaban J connectivity index is 1.74. The highest BCUT2D eigenvalue weighted by molar-refractivity contribution is 5.90. The van der Waals surface area contributed by atoms with Crippen LogP contribution in [0.2, 0.25) is 0 Å². The van der Waals surface area contributed by atoms with Crippen molar-refractivity contribution in [2.24, 2.45) is 0 Å². The molecule has 0 N–H and O–H groups in total. The molecule has 112 valence electrons. The van der Waals surface area contributed by atoms with E-state index in [9.17, 15) is 9.59 Å².